The number of carbonyl (C=O) groups is 1. The molecule has 92 valence electrons. The molecule has 1 aromatic carbocycles. The second-order valence-electron chi connectivity index (χ2n) is 4.30. The summed E-state index contributed by atoms with van der Waals surface area (Å²) >= 11 is 0. The Morgan fingerprint density at radius 3 is 2.59 bits per heavy atom. The second-order valence-corrected chi connectivity index (χ2v) is 4.30. The third kappa shape index (κ3) is 3.84. The highest BCUT2D eigenvalue weighted by Gasteiger charge is 2.10. The topological polar surface area (TPSA) is 44.4 Å². The van der Waals surface area contributed by atoms with Crippen molar-refractivity contribution in [3.63, 3.8) is 0 Å². The predicted molar refractivity (Wildman–Crippen MR) is 67.6 cm³/mol. The summed E-state index contributed by atoms with van der Waals surface area (Å²) in [5.41, 5.74) is 6.36. The first-order valence-corrected chi connectivity index (χ1v) is 6.17. The number of hydrogen-bond acceptors (Lipinski definition) is 3. The van der Waals surface area contributed by atoms with Gasteiger partial charge in [-0.3, -0.25) is 10.2 Å². The average Bonchev–Trinajstić information content (AvgIpc) is 2.88. The van der Waals surface area contributed by atoms with Crippen LogP contribution >= 0.6 is 0 Å². The fraction of sp³-hybridized carbons (Fsp3) is 0.462. The van der Waals surface area contributed by atoms with E-state index in [0.29, 0.717) is 5.56 Å². The molecule has 2 N–H and O–H groups in total. The third-order valence-corrected chi connectivity index (χ3v) is 2.99. The normalized spacial score (nSPS) is 16.0. The van der Waals surface area contributed by atoms with Gasteiger partial charge in [0.25, 0.3) is 5.91 Å². The van der Waals surface area contributed by atoms with Crippen LogP contribution in [0.2, 0.25) is 0 Å². The number of benzene rings is 1. The van der Waals surface area contributed by atoms with Gasteiger partial charge in [-0.15, -0.1) is 0 Å². The van der Waals surface area contributed by atoms with Crippen molar-refractivity contribution >= 4 is 5.91 Å². The molecule has 0 spiro atoms. The van der Waals surface area contributed by atoms with E-state index >= 15 is 0 Å². The van der Waals surface area contributed by atoms with Gasteiger partial charge in [-0.2, -0.15) is 0 Å². The molecule has 1 saturated heterocycles. The summed E-state index contributed by atoms with van der Waals surface area (Å²) in [4.78, 5) is 14.1. The van der Waals surface area contributed by atoms with Crippen LogP contribution in [0.4, 0.5) is 0 Å². The first-order chi connectivity index (χ1) is 8.36. The first kappa shape index (κ1) is 12.1. The highest BCUT2D eigenvalue weighted by atomic mass is 16.2. The molecule has 4 nitrogen and oxygen atoms in total. The van der Waals surface area contributed by atoms with Crippen LogP contribution in [0.5, 0.6) is 0 Å². The Morgan fingerprint density at radius 1 is 1.18 bits per heavy atom. The number of nitrogens with one attached hydrogen (secondary N) is 2. The largest absolute Gasteiger partial charge is 0.302 e. The van der Waals surface area contributed by atoms with Crippen molar-refractivity contribution in [2.24, 2.45) is 0 Å². The zero-order valence-electron chi connectivity index (χ0n) is 9.98. The van der Waals surface area contributed by atoms with E-state index < -0.39 is 0 Å². The van der Waals surface area contributed by atoms with Gasteiger partial charge in [0.2, 0.25) is 0 Å². The Morgan fingerprint density at radius 2 is 1.88 bits per heavy atom. The Bertz CT molecular complexity index is 347. The summed E-state index contributed by atoms with van der Waals surface area (Å²) < 4.78 is 0. The Balaban J connectivity index is 1.63. The van der Waals surface area contributed by atoms with Crippen LogP contribution in [-0.2, 0) is 0 Å². The summed E-state index contributed by atoms with van der Waals surface area (Å²) in [7, 11) is 0. The van der Waals surface area contributed by atoms with Crippen molar-refractivity contribution in [2.45, 2.75) is 12.8 Å². The van der Waals surface area contributed by atoms with Gasteiger partial charge < -0.3 is 4.90 Å². The number of likely N-dealkylation sites (tertiary alicyclic amines) is 1. The minimum Gasteiger partial charge on any atom is -0.302 e. The quantitative estimate of drug-likeness (QED) is 0.589. The number of hydrogen-bond donors (Lipinski definition) is 2. The summed E-state index contributed by atoms with van der Waals surface area (Å²) in [5.74, 6) is -0.0768. The molecule has 0 bridgehead atoms. The lowest BCUT2D eigenvalue weighted by molar-refractivity contribution is 0.0931. The zero-order valence-corrected chi connectivity index (χ0v) is 9.98. The van der Waals surface area contributed by atoms with E-state index in [1.807, 2.05) is 18.2 Å². The van der Waals surface area contributed by atoms with Gasteiger partial charge >= 0.3 is 0 Å². The van der Waals surface area contributed by atoms with Gasteiger partial charge in [-0.05, 0) is 38.1 Å². The van der Waals surface area contributed by atoms with Crippen LogP contribution in [0.3, 0.4) is 0 Å². The second kappa shape index (κ2) is 6.37. The summed E-state index contributed by atoms with van der Waals surface area (Å²) in [6, 6.07) is 9.23. The van der Waals surface area contributed by atoms with Crippen LogP contribution in [0.1, 0.15) is 23.2 Å². The van der Waals surface area contributed by atoms with Gasteiger partial charge in [-0.25, -0.2) is 5.43 Å². The maximum absolute atomic E-state index is 11.7. The van der Waals surface area contributed by atoms with E-state index in [2.05, 4.69) is 15.8 Å². The van der Waals surface area contributed by atoms with E-state index in [-0.39, 0.29) is 5.91 Å². The fourth-order valence-corrected chi connectivity index (χ4v) is 2.02. The molecule has 4 heteroatoms. The molecule has 1 heterocycles. The number of amides is 1. The number of hydrazine groups is 1. The monoisotopic (exact) mass is 233 g/mol. The van der Waals surface area contributed by atoms with Crippen LogP contribution < -0.4 is 10.9 Å². The van der Waals surface area contributed by atoms with Crippen molar-refractivity contribution in [3.05, 3.63) is 35.9 Å². The number of nitrogens with zero attached hydrogens (tertiary/aromatic N) is 1. The minimum absolute atomic E-state index is 0.0768. The zero-order chi connectivity index (χ0) is 11.9. The fourth-order valence-electron chi connectivity index (χ4n) is 2.02. The molecule has 1 aliphatic rings. The third-order valence-electron chi connectivity index (χ3n) is 2.99. The summed E-state index contributed by atoms with van der Waals surface area (Å²) in [6.45, 7) is 4.16. The van der Waals surface area contributed by atoms with E-state index in [1.54, 1.807) is 12.1 Å². The van der Waals surface area contributed by atoms with Crippen molar-refractivity contribution in [1.29, 1.82) is 0 Å². The predicted octanol–water partition coefficient (Wildman–Crippen LogP) is 1.02. The first-order valence-electron chi connectivity index (χ1n) is 6.17. The van der Waals surface area contributed by atoms with Crippen LogP contribution in [-0.4, -0.2) is 37.0 Å². The molecule has 0 radical (unpaired) electrons. The van der Waals surface area contributed by atoms with Crippen molar-refractivity contribution in [3.8, 4) is 0 Å². The lowest BCUT2D eigenvalue weighted by Crippen LogP contribution is -2.41. The van der Waals surface area contributed by atoms with E-state index in [4.69, 9.17) is 0 Å². The standard InChI is InChI=1S/C13H19N3O/c17-13(12-6-2-1-3-7-12)15-14-8-11-16-9-4-5-10-16/h1-3,6-7,14H,4-5,8-11H2,(H,15,17). The number of rotatable bonds is 5. The highest BCUT2D eigenvalue weighted by Crippen LogP contribution is 2.05. The molecule has 0 atom stereocenters. The molecular formula is C13H19N3O. The van der Waals surface area contributed by atoms with E-state index in [1.165, 1.54) is 25.9 Å². The molecule has 1 amide bonds. The van der Waals surface area contributed by atoms with Gasteiger partial charge in [0.1, 0.15) is 0 Å². The summed E-state index contributed by atoms with van der Waals surface area (Å²) in [6.07, 6.45) is 2.60. The summed E-state index contributed by atoms with van der Waals surface area (Å²) in [5, 5.41) is 0. The van der Waals surface area contributed by atoms with Crippen LogP contribution in [0, 0.1) is 0 Å². The smallest absolute Gasteiger partial charge is 0.265 e. The van der Waals surface area contributed by atoms with Gasteiger partial charge in [0.15, 0.2) is 0 Å². The molecule has 17 heavy (non-hydrogen) atoms. The SMILES string of the molecule is O=C(NNCCN1CCCC1)c1ccccc1. The highest BCUT2D eigenvalue weighted by molar-refractivity contribution is 5.93. The molecule has 1 aliphatic heterocycles. The lowest BCUT2D eigenvalue weighted by atomic mass is 10.2. The molecular weight excluding hydrogens is 214 g/mol. The maximum Gasteiger partial charge on any atom is 0.265 e. The molecule has 0 unspecified atom stereocenters. The van der Waals surface area contributed by atoms with Gasteiger partial charge in [-0.1, -0.05) is 18.2 Å². The van der Waals surface area contributed by atoms with E-state index in [0.717, 1.165) is 13.1 Å². The maximum atomic E-state index is 11.7. The Labute approximate surface area is 102 Å². The molecule has 0 saturated carbocycles. The van der Waals surface area contributed by atoms with Crippen molar-refractivity contribution < 1.29 is 4.79 Å². The van der Waals surface area contributed by atoms with Crippen molar-refractivity contribution in [1.82, 2.24) is 15.8 Å². The molecule has 0 aromatic heterocycles. The number of carbonyl (C=O) groups excluding carboxylic acids is 1. The van der Waals surface area contributed by atoms with Crippen LogP contribution in [0.15, 0.2) is 30.3 Å². The van der Waals surface area contributed by atoms with E-state index in [9.17, 15) is 4.79 Å². The molecule has 1 aromatic rings. The van der Waals surface area contributed by atoms with Gasteiger partial charge in [0, 0.05) is 18.7 Å². The molecule has 0 aliphatic carbocycles. The van der Waals surface area contributed by atoms with Crippen molar-refractivity contribution in [2.75, 3.05) is 26.2 Å². The molecule has 1 fully saturated rings. The minimum atomic E-state index is -0.0768. The van der Waals surface area contributed by atoms with Crippen LogP contribution in [0.25, 0.3) is 0 Å². The molecule has 2 rings (SSSR count). The Kier molecular flexibility index (Phi) is 4.53. The Hall–Kier alpha value is -1.39. The average molecular weight is 233 g/mol. The lowest BCUT2D eigenvalue weighted by Gasteiger charge is -2.15. The van der Waals surface area contributed by atoms with Gasteiger partial charge in [0.05, 0.1) is 0 Å².